The molecule has 7 heteroatoms. The highest BCUT2D eigenvalue weighted by molar-refractivity contribution is 5.96. The van der Waals surface area contributed by atoms with E-state index in [1.54, 1.807) is 7.11 Å². The highest BCUT2D eigenvalue weighted by atomic mass is 16.5. The summed E-state index contributed by atoms with van der Waals surface area (Å²) >= 11 is 0. The standard InChI is InChI=1S/C11H15N3O4/c1-17-5-2-6-18-11(16)8-7-9-10(15)12-3-4-14(9)13-8/h7H,2-6H2,1H3,(H,12,15). The second-order valence-electron chi connectivity index (χ2n) is 3.88. The van der Waals surface area contributed by atoms with E-state index >= 15 is 0 Å². The third-order valence-corrected chi connectivity index (χ3v) is 2.56. The quantitative estimate of drug-likeness (QED) is 0.581. The summed E-state index contributed by atoms with van der Waals surface area (Å²) in [6.07, 6.45) is 0.635. The smallest absolute Gasteiger partial charge is 0.358 e. The summed E-state index contributed by atoms with van der Waals surface area (Å²) in [7, 11) is 1.59. The molecule has 0 aliphatic carbocycles. The number of methoxy groups -OCH3 is 1. The maximum absolute atomic E-state index is 11.7. The minimum absolute atomic E-state index is 0.166. The summed E-state index contributed by atoms with van der Waals surface area (Å²) in [5, 5.41) is 6.73. The van der Waals surface area contributed by atoms with Crippen LogP contribution in [0.3, 0.4) is 0 Å². The van der Waals surface area contributed by atoms with Crippen molar-refractivity contribution in [1.29, 1.82) is 0 Å². The molecular weight excluding hydrogens is 238 g/mol. The monoisotopic (exact) mass is 253 g/mol. The minimum atomic E-state index is -0.513. The number of fused-ring (bicyclic) bond motifs is 1. The molecule has 1 amide bonds. The van der Waals surface area contributed by atoms with Crippen LogP contribution in [-0.2, 0) is 16.0 Å². The molecule has 0 radical (unpaired) electrons. The molecule has 1 aromatic heterocycles. The van der Waals surface area contributed by atoms with Crippen LogP contribution in [0.2, 0.25) is 0 Å². The molecule has 0 bridgehead atoms. The van der Waals surface area contributed by atoms with Gasteiger partial charge in [0.25, 0.3) is 5.91 Å². The van der Waals surface area contributed by atoms with E-state index in [0.717, 1.165) is 0 Å². The third kappa shape index (κ3) is 2.67. The number of rotatable bonds is 5. The third-order valence-electron chi connectivity index (χ3n) is 2.56. The molecule has 1 N–H and O–H groups in total. The van der Waals surface area contributed by atoms with Crippen LogP contribution >= 0.6 is 0 Å². The molecule has 0 aromatic carbocycles. The van der Waals surface area contributed by atoms with Crippen LogP contribution in [0.4, 0.5) is 0 Å². The van der Waals surface area contributed by atoms with E-state index in [9.17, 15) is 9.59 Å². The van der Waals surface area contributed by atoms with Crippen molar-refractivity contribution in [3.05, 3.63) is 17.5 Å². The molecule has 1 aliphatic rings. The van der Waals surface area contributed by atoms with E-state index in [-0.39, 0.29) is 18.2 Å². The molecule has 18 heavy (non-hydrogen) atoms. The van der Waals surface area contributed by atoms with E-state index in [1.807, 2.05) is 0 Å². The fourth-order valence-electron chi connectivity index (χ4n) is 1.68. The fraction of sp³-hybridized carbons (Fsp3) is 0.545. The zero-order valence-corrected chi connectivity index (χ0v) is 10.1. The molecule has 0 spiro atoms. The van der Waals surface area contributed by atoms with Crippen molar-refractivity contribution in [2.24, 2.45) is 0 Å². The van der Waals surface area contributed by atoms with Gasteiger partial charge in [0.15, 0.2) is 5.69 Å². The van der Waals surface area contributed by atoms with Crippen LogP contribution in [0.5, 0.6) is 0 Å². The second kappa shape index (κ2) is 5.63. The summed E-state index contributed by atoms with van der Waals surface area (Å²) in [6.45, 7) is 1.91. The van der Waals surface area contributed by atoms with Crippen LogP contribution < -0.4 is 5.32 Å². The van der Waals surface area contributed by atoms with Crippen molar-refractivity contribution in [2.75, 3.05) is 26.9 Å². The van der Waals surface area contributed by atoms with Crippen LogP contribution in [0.1, 0.15) is 27.4 Å². The van der Waals surface area contributed by atoms with Gasteiger partial charge >= 0.3 is 5.97 Å². The maximum Gasteiger partial charge on any atom is 0.358 e. The number of hydrogen-bond donors (Lipinski definition) is 1. The molecule has 0 saturated heterocycles. The van der Waals surface area contributed by atoms with Crippen molar-refractivity contribution < 1.29 is 19.1 Å². The first-order chi connectivity index (χ1) is 8.72. The van der Waals surface area contributed by atoms with Crippen LogP contribution in [-0.4, -0.2) is 48.5 Å². The van der Waals surface area contributed by atoms with Gasteiger partial charge in [0.2, 0.25) is 0 Å². The summed E-state index contributed by atoms with van der Waals surface area (Å²) in [5.41, 5.74) is 0.560. The SMILES string of the molecule is COCCCOC(=O)c1cc2n(n1)CCNC2=O. The van der Waals surface area contributed by atoms with Crippen LogP contribution in [0.15, 0.2) is 6.07 Å². The number of aromatic nitrogens is 2. The van der Waals surface area contributed by atoms with Gasteiger partial charge in [-0.3, -0.25) is 9.48 Å². The topological polar surface area (TPSA) is 82.4 Å². The lowest BCUT2D eigenvalue weighted by molar-refractivity contribution is 0.0460. The molecule has 0 saturated carbocycles. The van der Waals surface area contributed by atoms with Gasteiger partial charge in [0, 0.05) is 32.7 Å². The number of hydrogen-bond acceptors (Lipinski definition) is 5. The first-order valence-electron chi connectivity index (χ1n) is 5.74. The Morgan fingerprint density at radius 3 is 3.11 bits per heavy atom. The van der Waals surface area contributed by atoms with Crippen molar-refractivity contribution in [1.82, 2.24) is 15.1 Å². The van der Waals surface area contributed by atoms with Crippen LogP contribution in [0.25, 0.3) is 0 Å². The number of nitrogens with one attached hydrogen (secondary N) is 1. The predicted molar refractivity (Wildman–Crippen MR) is 61.3 cm³/mol. The van der Waals surface area contributed by atoms with Crippen molar-refractivity contribution in [3.8, 4) is 0 Å². The molecule has 1 aliphatic heterocycles. The van der Waals surface area contributed by atoms with Gasteiger partial charge in [0.05, 0.1) is 13.2 Å². The molecule has 7 nitrogen and oxygen atoms in total. The summed E-state index contributed by atoms with van der Waals surface area (Å²) in [6, 6.07) is 1.45. The van der Waals surface area contributed by atoms with Gasteiger partial charge < -0.3 is 14.8 Å². The van der Waals surface area contributed by atoms with E-state index in [1.165, 1.54) is 10.7 Å². The Morgan fingerprint density at radius 2 is 2.39 bits per heavy atom. The highest BCUT2D eigenvalue weighted by Gasteiger charge is 2.22. The molecule has 0 fully saturated rings. The molecule has 2 rings (SSSR count). The van der Waals surface area contributed by atoms with E-state index in [4.69, 9.17) is 9.47 Å². The minimum Gasteiger partial charge on any atom is -0.461 e. The van der Waals surface area contributed by atoms with E-state index in [2.05, 4.69) is 10.4 Å². The Hall–Kier alpha value is -1.89. The number of ether oxygens (including phenoxy) is 2. The average Bonchev–Trinajstić information content (AvgIpc) is 2.80. The number of nitrogens with zero attached hydrogens (tertiary/aromatic N) is 2. The zero-order valence-electron chi connectivity index (χ0n) is 10.1. The number of carbonyl (C=O) groups excluding carboxylic acids is 2. The first-order valence-corrected chi connectivity index (χ1v) is 5.74. The molecule has 98 valence electrons. The Morgan fingerprint density at radius 1 is 1.56 bits per heavy atom. The first kappa shape index (κ1) is 12.6. The lowest BCUT2D eigenvalue weighted by atomic mass is 10.3. The zero-order chi connectivity index (χ0) is 13.0. The van der Waals surface area contributed by atoms with Gasteiger partial charge in [-0.05, 0) is 0 Å². The molecule has 2 heterocycles. The predicted octanol–water partition coefficient (Wildman–Crippen LogP) is -0.180. The number of esters is 1. The normalized spacial score (nSPS) is 13.9. The largest absolute Gasteiger partial charge is 0.461 e. The fourth-order valence-corrected chi connectivity index (χ4v) is 1.68. The van der Waals surface area contributed by atoms with Gasteiger partial charge in [-0.25, -0.2) is 4.79 Å². The van der Waals surface area contributed by atoms with Gasteiger partial charge in [-0.2, -0.15) is 5.10 Å². The van der Waals surface area contributed by atoms with Gasteiger partial charge in [-0.1, -0.05) is 0 Å². The maximum atomic E-state index is 11.7. The molecule has 0 unspecified atom stereocenters. The van der Waals surface area contributed by atoms with Crippen molar-refractivity contribution in [2.45, 2.75) is 13.0 Å². The van der Waals surface area contributed by atoms with Crippen molar-refractivity contribution in [3.63, 3.8) is 0 Å². The Labute approximate surface area is 104 Å². The second-order valence-corrected chi connectivity index (χ2v) is 3.88. The summed E-state index contributed by atoms with van der Waals surface area (Å²) in [4.78, 5) is 23.1. The summed E-state index contributed by atoms with van der Waals surface area (Å²) < 4.78 is 11.4. The number of amides is 1. The Bertz CT molecular complexity index is 455. The molecule has 0 atom stereocenters. The van der Waals surface area contributed by atoms with Crippen molar-refractivity contribution >= 4 is 11.9 Å². The lowest BCUT2D eigenvalue weighted by Crippen LogP contribution is -2.35. The lowest BCUT2D eigenvalue weighted by Gasteiger charge is -2.13. The Balaban J connectivity index is 1.97. The molecular formula is C11H15N3O4. The van der Waals surface area contributed by atoms with Gasteiger partial charge in [-0.15, -0.1) is 0 Å². The van der Waals surface area contributed by atoms with E-state index < -0.39 is 5.97 Å². The molecule has 1 aromatic rings. The van der Waals surface area contributed by atoms with Gasteiger partial charge in [0.1, 0.15) is 5.69 Å². The van der Waals surface area contributed by atoms with E-state index in [0.29, 0.717) is 31.8 Å². The highest BCUT2D eigenvalue weighted by Crippen LogP contribution is 2.09. The Kier molecular flexibility index (Phi) is 3.93. The number of carbonyl (C=O) groups is 2. The van der Waals surface area contributed by atoms with Crippen LogP contribution in [0, 0.1) is 0 Å². The summed E-state index contributed by atoms with van der Waals surface area (Å²) in [5.74, 6) is -0.729. The average molecular weight is 253 g/mol.